The molecule has 0 bridgehead atoms. The molecule has 1 aromatic carbocycles. The largest absolute Gasteiger partial charge is 0.349 e. The topological polar surface area (TPSA) is 42.0 Å². The molecule has 4 heteroatoms. The maximum atomic E-state index is 12.1. The number of benzene rings is 1. The second kappa shape index (κ2) is 6.76. The molecule has 2 aromatic rings. The SMILES string of the molecule is O=C(CSc1ccncc1)NC1CCCc2ccccc21. The minimum atomic E-state index is 0.0958. The monoisotopic (exact) mass is 298 g/mol. The van der Waals surface area contributed by atoms with Gasteiger partial charge in [-0.3, -0.25) is 9.78 Å². The molecule has 3 nitrogen and oxygen atoms in total. The number of pyridine rings is 1. The lowest BCUT2D eigenvalue weighted by molar-refractivity contribution is -0.119. The predicted octanol–water partition coefficient (Wildman–Crippen LogP) is 3.37. The molecule has 0 aliphatic heterocycles. The van der Waals surface area contributed by atoms with Gasteiger partial charge >= 0.3 is 0 Å². The van der Waals surface area contributed by atoms with Crippen molar-refractivity contribution >= 4 is 17.7 Å². The first-order chi connectivity index (χ1) is 10.3. The fourth-order valence-electron chi connectivity index (χ4n) is 2.72. The molecule has 0 saturated heterocycles. The Morgan fingerprint density at radius 2 is 2.05 bits per heavy atom. The number of hydrogen-bond donors (Lipinski definition) is 1. The Morgan fingerprint density at radius 1 is 1.24 bits per heavy atom. The van der Waals surface area contributed by atoms with Crippen LogP contribution in [0.4, 0.5) is 0 Å². The number of amides is 1. The highest BCUT2D eigenvalue weighted by molar-refractivity contribution is 8.00. The summed E-state index contributed by atoms with van der Waals surface area (Å²) in [6, 6.07) is 12.4. The summed E-state index contributed by atoms with van der Waals surface area (Å²) < 4.78 is 0. The van der Waals surface area contributed by atoms with E-state index in [1.807, 2.05) is 12.1 Å². The summed E-state index contributed by atoms with van der Waals surface area (Å²) in [5.74, 6) is 0.543. The normalized spacial score (nSPS) is 17.0. The fraction of sp³-hybridized carbons (Fsp3) is 0.294. The fourth-order valence-corrected chi connectivity index (χ4v) is 3.42. The molecule has 1 aromatic heterocycles. The third-order valence-corrected chi connectivity index (χ3v) is 4.74. The standard InChI is InChI=1S/C17H18N2OS/c20-17(12-21-14-8-10-18-11-9-14)19-16-7-3-5-13-4-1-2-6-15(13)16/h1-2,4,6,8-11,16H,3,5,7,12H2,(H,19,20). The second-order valence-corrected chi connectivity index (χ2v) is 6.23. The zero-order valence-electron chi connectivity index (χ0n) is 11.8. The molecular weight excluding hydrogens is 280 g/mol. The summed E-state index contributed by atoms with van der Waals surface area (Å²) in [5, 5.41) is 3.17. The Morgan fingerprint density at radius 3 is 2.90 bits per heavy atom. The highest BCUT2D eigenvalue weighted by Gasteiger charge is 2.21. The number of aryl methyl sites for hydroxylation is 1. The van der Waals surface area contributed by atoms with E-state index in [-0.39, 0.29) is 11.9 Å². The molecule has 1 heterocycles. The van der Waals surface area contributed by atoms with Gasteiger partial charge in [0.15, 0.2) is 0 Å². The van der Waals surface area contributed by atoms with Crippen molar-refractivity contribution in [1.82, 2.24) is 10.3 Å². The summed E-state index contributed by atoms with van der Waals surface area (Å²) >= 11 is 1.55. The molecule has 0 spiro atoms. The highest BCUT2D eigenvalue weighted by atomic mass is 32.2. The second-order valence-electron chi connectivity index (χ2n) is 5.18. The number of thioether (sulfide) groups is 1. The first kappa shape index (κ1) is 14.1. The first-order valence-electron chi connectivity index (χ1n) is 7.23. The van der Waals surface area contributed by atoms with Crippen LogP contribution in [0.15, 0.2) is 53.7 Å². The summed E-state index contributed by atoms with van der Waals surface area (Å²) in [6.45, 7) is 0. The number of fused-ring (bicyclic) bond motifs is 1. The van der Waals surface area contributed by atoms with E-state index in [4.69, 9.17) is 0 Å². The van der Waals surface area contributed by atoms with E-state index in [0.29, 0.717) is 5.75 Å². The van der Waals surface area contributed by atoms with E-state index in [0.717, 1.165) is 24.2 Å². The number of nitrogens with one attached hydrogen (secondary N) is 1. The van der Waals surface area contributed by atoms with Crippen LogP contribution in [-0.2, 0) is 11.2 Å². The van der Waals surface area contributed by atoms with Crippen LogP contribution in [0.5, 0.6) is 0 Å². The van der Waals surface area contributed by atoms with E-state index in [9.17, 15) is 4.79 Å². The van der Waals surface area contributed by atoms with Crippen LogP contribution in [-0.4, -0.2) is 16.6 Å². The Bertz CT molecular complexity index is 615. The van der Waals surface area contributed by atoms with Gasteiger partial charge in [0.1, 0.15) is 0 Å². The van der Waals surface area contributed by atoms with Crippen LogP contribution in [0.3, 0.4) is 0 Å². The third kappa shape index (κ3) is 3.64. The van der Waals surface area contributed by atoms with Gasteiger partial charge < -0.3 is 5.32 Å². The van der Waals surface area contributed by atoms with Gasteiger partial charge in [-0.2, -0.15) is 0 Å². The minimum Gasteiger partial charge on any atom is -0.349 e. The van der Waals surface area contributed by atoms with Crippen molar-refractivity contribution < 1.29 is 4.79 Å². The van der Waals surface area contributed by atoms with Crippen LogP contribution in [0, 0.1) is 0 Å². The van der Waals surface area contributed by atoms with E-state index >= 15 is 0 Å². The number of rotatable bonds is 4. The number of carbonyl (C=O) groups is 1. The average Bonchev–Trinajstić information content (AvgIpc) is 2.54. The molecule has 0 fully saturated rings. The number of nitrogens with zero attached hydrogens (tertiary/aromatic N) is 1. The van der Waals surface area contributed by atoms with E-state index in [2.05, 4.69) is 34.6 Å². The van der Waals surface area contributed by atoms with Gasteiger partial charge in [0, 0.05) is 17.3 Å². The van der Waals surface area contributed by atoms with Crippen molar-refractivity contribution in [2.24, 2.45) is 0 Å². The molecule has 108 valence electrons. The van der Waals surface area contributed by atoms with Gasteiger partial charge in [-0.15, -0.1) is 11.8 Å². The molecule has 1 aliphatic rings. The van der Waals surface area contributed by atoms with Crippen molar-refractivity contribution in [1.29, 1.82) is 0 Å². The van der Waals surface area contributed by atoms with Gasteiger partial charge in [-0.05, 0) is 42.5 Å². The first-order valence-corrected chi connectivity index (χ1v) is 8.21. The quantitative estimate of drug-likeness (QED) is 0.880. The van der Waals surface area contributed by atoms with Gasteiger partial charge in [-0.25, -0.2) is 0 Å². The van der Waals surface area contributed by atoms with E-state index in [1.165, 1.54) is 11.1 Å². The molecule has 1 aliphatic carbocycles. The lowest BCUT2D eigenvalue weighted by Gasteiger charge is -2.26. The van der Waals surface area contributed by atoms with Crippen LogP contribution >= 0.6 is 11.8 Å². The predicted molar refractivity (Wildman–Crippen MR) is 85.2 cm³/mol. The maximum absolute atomic E-state index is 12.1. The summed E-state index contributed by atoms with van der Waals surface area (Å²) in [5.41, 5.74) is 2.65. The van der Waals surface area contributed by atoms with Crippen LogP contribution in [0.2, 0.25) is 0 Å². The maximum Gasteiger partial charge on any atom is 0.230 e. The zero-order valence-corrected chi connectivity index (χ0v) is 12.6. The molecule has 3 rings (SSSR count). The van der Waals surface area contributed by atoms with Crippen molar-refractivity contribution in [3.63, 3.8) is 0 Å². The third-order valence-electron chi connectivity index (χ3n) is 3.72. The van der Waals surface area contributed by atoms with Gasteiger partial charge in [0.2, 0.25) is 5.91 Å². The van der Waals surface area contributed by atoms with Gasteiger partial charge in [0.05, 0.1) is 11.8 Å². The average molecular weight is 298 g/mol. The Kier molecular flexibility index (Phi) is 4.55. The molecule has 21 heavy (non-hydrogen) atoms. The lowest BCUT2D eigenvalue weighted by atomic mass is 9.88. The molecule has 0 radical (unpaired) electrons. The van der Waals surface area contributed by atoms with Gasteiger partial charge in [-0.1, -0.05) is 24.3 Å². The summed E-state index contributed by atoms with van der Waals surface area (Å²) in [4.78, 5) is 17.2. The van der Waals surface area contributed by atoms with Crippen LogP contribution < -0.4 is 5.32 Å². The van der Waals surface area contributed by atoms with Crippen molar-refractivity contribution in [3.8, 4) is 0 Å². The number of carbonyl (C=O) groups excluding carboxylic acids is 1. The Balaban J connectivity index is 1.58. The number of hydrogen-bond acceptors (Lipinski definition) is 3. The molecule has 1 N–H and O–H groups in total. The number of aromatic nitrogens is 1. The molecule has 0 saturated carbocycles. The minimum absolute atomic E-state index is 0.0958. The smallest absolute Gasteiger partial charge is 0.230 e. The zero-order chi connectivity index (χ0) is 14.5. The summed E-state index contributed by atoms with van der Waals surface area (Å²) in [7, 11) is 0. The lowest BCUT2D eigenvalue weighted by Crippen LogP contribution is -2.32. The van der Waals surface area contributed by atoms with Crippen molar-refractivity contribution in [2.45, 2.75) is 30.2 Å². The van der Waals surface area contributed by atoms with Crippen molar-refractivity contribution in [2.75, 3.05) is 5.75 Å². The molecule has 1 unspecified atom stereocenters. The van der Waals surface area contributed by atoms with E-state index in [1.54, 1.807) is 24.2 Å². The summed E-state index contributed by atoms with van der Waals surface area (Å²) in [6.07, 6.45) is 6.78. The van der Waals surface area contributed by atoms with Crippen molar-refractivity contribution in [3.05, 3.63) is 59.9 Å². The Hall–Kier alpha value is -1.81. The Labute approximate surface area is 129 Å². The molecule has 1 amide bonds. The highest BCUT2D eigenvalue weighted by Crippen LogP contribution is 2.29. The van der Waals surface area contributed by atoms with Gasteiger partial charge in [0.25, 0.3) is 0 Å². The van der Waals surface area contributed by atoms with Crippen LogP contribution in [0.1, 0.15) is 30.0 Å². The molecule has 1 atom stereocenters. The van der Waals surface area contributed by atoms with E-state index < -0.39 is 0 Å². The molecular formula is C17H18N2OS. The van der Waals surface area contributed by atoms with Crippen LogP contribution in [0.25, 0.3) is 0 Å².